The van der Waals surface area contributed by atoms with Gasteiger partial charge in [-0.05, 0) is 19.8 Å². The van der Waals surface area contributed by atoms with Gasteiger partial charge in [-0.25, -0.2) is 0 Å². The van der Waals surface area contributed by atoms with Crippen LogP contribution in [0.25, 0.3) is 0 Å². The molecule has 0 atom stereocenters. The molecule has 1 saturated carbocycles. The van der Waals surface area contributed by atoms with Gasteiger partial charge in [0, 0.05) is 13.1 Å². The number of guanidine groups is 1. The van der Waals surface area contributed by atoms with E-state index in [0.29, 0.717) is 12.6 Å². The van der Waals surface area contributed by atoms with Crippen molar-refractivity contribution < 1.29 is 0 Å². The van der Waals surface area contributed by atoms with Gasteiger partial charge in [0.25, 0.3) is 0 Å². The number of hydrogen-bond donors (Lipinski definition) is 2. The van der Waals surface area contributed by atoms with Crippen molar-refractivity contribution in [3.63, 3.8) is 0 Å². The Balaban J connectivity index is 2.18. The third-order valence-corrected chi connectivity index (χ3v) is 1.66. The van der Waals surface area contributed by atoms with E-state index in [1.165, 1.54) is 12.8 Å². The SMILES string of the molecule is CC#CCNC(=NC)NC1CC1. The van der Waals surface area contributed by atoms with E-state index < -0.39 is 0 Å². The molecule has 2 N–H and O–H groups in total. The van der Waals surface area contributed by atoms with Gasteiger partial charge in [-0.1, -0.05) is 5.92 Å². The second kappa shape index (κ2) is 4.66. The van der Waals surface area contributed by atoms with Gasteiger partial charge in [-0.2, -0.15) is 0 Å². The van der Waals surface area contributed by atoms with Crippen LogP contribution in [0.2, 0.25) is 0 Å². The van der Waals surface area contributed by atoms with Gasteiger partial charge < -0.3 is 10.6 Å². The van der Waals surface area contributed by atoms with Gasteiger partial charge in [0.05, 0.1) is 6.54 Å². The zero-order valence-corrected chi connectivity index (χ0v) is 7.65. The highest BCUT2D eigenvalue weighted by Crippen LogP contribution is 2.18. The molecule has 1 aliphatic rings. The Morgan fingerprint density at radius 1 is 1.58 bits per heavy atom. The van der Waals surface area contributed by atoms with Crippen molar-refractivity contribution in [1.82, 2.24) is 10.6 Å². The summed E-state index contributed by atoms with van der Waals surface area (Å²) in [5.74, 6) is 6.61. The van der Waals surface area contributed by atoms with Crippen molar-refractivity contribution in [2.45, 2.75) is 25.8 Å². The lowest BCUT2D eigenvalue weighted by molar-refractivity contribution is 0.846. The fraction of sp³-hybridized carbons (Fsp3) is 0.667. The molecule has 0 unspecified atom stereocenters. The van der Waals surface area contributed by atoms with E-state index in [2.05, 4.69) is 27.5 Å². The largest absolute Gasteiger partial charge is 0.354 e. The molecule has 0 spiro atoms. The predicted molar refractivity (Wildman–Crippen MR) is 51.0 cm³/mol. The molecule has 3 nitrogen and oxygen atoms in total. The van der Waals surface area contributed by atoms with Crippen LogP contribution < -0.4 is 10.6 Å². The molecule has 0 radical (unpaired) electrons. The van der Waals surface area contributed by atoms with Crippen molar-refractivity contribution in [1.29, 1.82) is 0 Å². The standard InChI is InChI=1S/C9H15N3/c1-3-4-7-11-9(10-2)12-8-5-6-8/h8H,5-7H2,1-2H3,(H2,10,11,12). The molecule has 0 bridgehead atoms. The molecule has 1 aliphatic carbocycles. The third kappa shape index (κ3) is 3.29. The molecule has 0 aliphatic heterocycles. The highest BCUT2D eigenvalue weighted by atomic mass is 15.2. The van der Waals surface area contributed by atoms with Crippen molar-refractivity contribution in [2.75, 3.05) is 13.6 Å². The average molecular weight is 165 g/mol. The lowest BCUT2D eigenvalue weighted by Crippen LogP contribution is -2.38. The number of aliphatic imine (C=N–C) groups is 1. The van der Waals surface area contributed by atoms with Crippen LogP contribution >= 0.6 is 0 Å². The fourth-order valence-electron chi connectivity index (χ4n) is 0.832. The summed E-state index contributed by atoms with van der Waals surface area (Å²) in [6.45, 7) is 2.50. The molecule has 0 saturated heterocycles. The van der Waals surface area contributed by atoms with E-state index in [-0.39, 0.29) is 0 Å². The minimum Gasteiger partial charge on any atom is -0.354 e. The minimum atomic E-state index is 0.644. The summed E-state index contributed by atoms with van der Waals surface area (Å²) >= 11 is 0. The second-order valence-electron chi connectivity index (χ2n) is 2.77. The normalized spacial score (nSPS) is 16.3. The van der Waals surface area contributed by atoms with E-state index in [0.717, 1.165) is 5.96 Å². The first-order valence-corrected chi connectivity index (χ1v) is 4.23. The Labute approximate surface area is 73.6 Å². The molecule has 0 amide bonds. The number of nitrogens with one attached hydrogen (secondary N) is 2. The maximum atomic E-state index is 4.07. The van der Waals surface area contributed by atoms with Gasteiger partial charge >= 0.3 is 0 Å². The van der Waals surface area contributed by atoms with Crippen LogP contribution in [0.15, 0.2) is 4.99 Å². The molecular weight excluding hydrogens is 150 g/mol. The summed E-state index contributed by atoms with van der Waals surface area (Å²) in [5.41, 5.74) is 0. The van der Waals surface area contributed by atoms with Crippen LogP contribution in [0.1, 0.15) is 19.8 Å². The monoisotopic (exact) mass is 165 g/mol. The zero-order valence-electron chi connectivity index (χ0n) is 7.65. The summed E-state index contributed by atoms with van der Waals surface area (Å²) in [4.78, 5) is 4.07. The summed E-state index contributed by atoms with van der Waals surface area (Å²) < 4.78 is 0. The van der Waals surface area contributed by atoms with Gasteiger partial charge in [0.1, 0.15) is 0 Å². The number of nitrogens with zero attached hydrogens (tertiary/aromatic N) is 1. The maximum absolute atomic E-state index is 4.07. The van der Waals surface area contributed by atoms with Crippen LogP contribution in [0, 0.1) is 11.8 Å². The highest BCUT2D eigenvalue weighted by molar-refractivity contribution is 5.80. The summed E-state index contributed by atoms with van der Waals surface area (Å²) in [6, 6.07) is 0.644. The van der Waals surface area contributed by atoms with Gasteiger partial charge in [-0.15, -0.1) is 5.92 Å². The van der Waals surface area contributed by atoms with Crippen LogP contribution in [0.4, 0.5) is 0 Å². The predicted octanol–water partition coefficient (Wildman–Crippen LogP) is 0.337. The first kappa shape index (κ1) is 8.92. The molecule has 1 rings (SSSR count). The van der Waals surface area contributed by atoms with Gasteiger partial charge in [-0.3, -0.25) is 4.99 Å². The maximum Gasteiger partial charge on any atom is 0.191 e. The molecule has 0 aromatic rings. The number of rotatable bonds is 2. The van der Waals surface area contributed by atoms with Crippen molar-refractivity contribution in [3.8, 4) is 11.8 Å². The average Bonchev–Trinajstić information content (AvgIpc) is 2.87. The molecule has 0 aromatic carbocycles. The van der Waals surface area contributed by atoms with Crippen LogP contribution in [-0.2, 0) is 0 Å². The van der Waals surface area contributed by atoms with Crippen molar-refractivity contribution in [3.05, 3.63) is 0 Å². The first-order chi connectivity index (χ1) is 5.86. The molecule has 0 aromatic heterocycles. The smallest absolute Gasteiger partial charge is 0.191 e. The molecule has 66 valence electrons. The minimum absolute atomic E-state index is 0.644. The quantitative estimate of drug-likeness (QED) is 0.351. The molecule has 12 heavy (non-hydrogen) atoms. The molecule has 0 heterocycles. The first-order valence-electron chi connectivity index (χ1n) is 4.23. The Hall–Kier alpha value is -1.17. The zero-order chi connectivity index (χ0) is 8.81. The molecule has 1 fully saturated rings. The van der Waals surface area contributed by atoms with E-state index in [9.17, 15) is 0 Å². The summed E-state index contributed by atoms with van der Waals surface area (Å²) in [5, 5.41) is 6.38. The van der Waals surface area contributed by atoms with Crippen molar-refractivity contribution in [2.24, 2.45) is 4.99 Å². The summed E-state index contributed by atoms with van der Waals surface area (Å²) in [6.07, 6.45) is 2.53. The molecule has 3 heteroatoms. The summed E-state index contributed by atoms with van der Waals surface area (Å²) in [7, 11) is 1.77. The van der Waals surface area contributed by atoms with Crippen LogP contribution in [0.3, 0.4) is 0 Å². The van der Waals surface area contributed by atoms with Gasteiger partial charge in [0.15, 0.2) is 5.96 Å². The highest BCUT2D eigenvalue weighted by Gasteiger charge is 2.21. The molecular formula is C9H15N3. The topological polar surface area (TPSA) is 36.4 Å². The lowest BCUT2D eigenvalue weighted by atomic mass is 10.6. The van der Waals surface area contributed by atoms with Gasteiger partial charge in [0.2, 0.25) is 0 Å². The lowest BCUT2D eigenvalue weighted by Gasteiger charge is -2.07. The van der Waals surface area contributed by atoms with Crippen LogP contribution in [-0.4, -0.2) is 25.6 Å². The van der Waals surface area contributed by atoms with Crippen molar-refractivity contribution >= 4 is 5.96 Å². The second-order valence-corrected chi connectivity index (χ2v) is 2.77. The third-order valence-electron chi connectivity index (χ3n) is 1.66. The fourth-order valence-corrected chi connectivity index (χ4v) is 0.832. The Morgan fingerprint density at radius 2 is 2.33 bits per heavy atom. The Kier molecular flexibility index (Phi) is 3.46. The van der Waals surface area contributed by atoms with Crippen LogP contribution in [0.5, 0.6) is 0 Å². The Morgan fingerprint density at radius 3 is 2.83 bits per heavy atom. The van der Waals surface area contributed by atoms with E-state index in [1.54, 1.807) is 7.05 Å². The van der Waals surface area contributed by atoms with E-state index in [4.69, 9.17) is 0 Å². The number of hydrogen-bond acceptors (Lipinski definition) is 1. The van der Waals surface area contributed by atoms with E-state index >= 15 is 0 Å². The Bertz CT molecular complexity index is 218. The van der Waals surface area contributed by atoms with E-state index in [1.807, 2.05) is 6.92 Å².